The van der Waals surface area contributed by atoms with Gasteiger partial charge in [0.2, 0.25) is 0 Å². The van der Waals surface area contributed by atoms with E-state index in [2.05, 4.69) is 9.97 Å². The summed E-state index contributed by atoms with van der Waals surface area (Å²) >= 11 is 0. The normalized spacial score (nSPS) is 10.8. The molecule has 1 N–H and O–H groups in total. The van der Waals surface area contributed by atoms with Gasteiger partial charge >= 0.3 is 0 Å². The van der Waals surface area contributed by atoms with Crippen LogP contribution in [-0.4, -0.2) is 14.4 Å². The van der Waals surface area contributed by atoms with Gasteiger partial charge in [0.25, 0.3) is 0 Å². The molecule has 3 nitrogen and oxygen atoms in total. The van der Waals surface area contributed by atoms with E-state index in [1.165, 1.54) is 0 Å². The maximum Gasteiger partial charge on any atom is 0.137 e. The zero-order valence-corrected chi connectivity index (χ0v) is 5.13. The molecule has 0 atom stereocenters. The molecule has 2 aromatic rings. The maximum atomic E-state index is 4.09. The first-order valence-corrected chi connectivity index (χ1v) is 2.84. The van der Waals surface area contributed by atoms with E-state index in [1.54, 1.807) is 6.33 Å². The molecule has 0 aliphatic heterocycles. The number of nitrogens with zero attached hydrogens (tertiary/aromatic N) is 2. The predicted molar refractivity (Wildman–Crippen MR) is 34.3 cm³/mol. The van der Waals surface area contributed by atoms with Crippen LogP contribution in [0.1, 0.15) is 5.69 Å². The Morgan fingerprint density at radius 3 is 3.33 bits per heavy atom. The highest BCUT2D eigenvalue weighted by Gasteiger charge is 1.95. The van der Waals surface area contributed by atoms with Crippen LogP contribution in [0.4, 0.5) is 0 Å². The molecule has 0 fully saturated rings. The standard InChI is InChI=1S/C6H7N3/c1-5-6-7-2-3-9(6)4-8-5/h2-4,7H,1H3. The van der Waals surface area contributed by atoms with Gasteiger partial charge in [-0.3, -0.25) is 4.40 Å². The van der Waals surface area contributed by atoms with Gasteiger partial charge in [0.15, 0.2) is 0 Å². The molecule has 0 spiro atoms. The van der Waals surface area contributed by atoms with E-state index in [-0.39, 0.29) is 0 Å². The monoisotopic (exact) mass is 121 g/mol. The SMILES string of the molecule is Cc1ncn2cc[nH]c12. The summed E-state index contributed by atoms with van der Waals surface area (Å²) in [6, 6.07) is 0. The van der Waals surface area contributed by atoms with Crippen LogP contribution in [0.25, 0.3) is 5.65 Å². The van der Waals surface area contributed by atoms with E-state index < -0.39 is 0 Å². The molecule has 0 amide bonds. The summed E-state index contributed by atoms with van der Waals surface area (Å²) in [4.78, 5) is 7.16. The Morgan fingerprint density at radius 2 is 2.56 bits per heavy atom. The van der Waals surface area contributed by atoms with Gasteiger partial charge in [0.05, 0.1) is 5.69 Å². The number of aromatic nitrogens is 3. The Kier molecular flexibility index (Phi) is 0.704. The molecule has 0 aliphatic carbocycles. The minimum Gasteiger partial charge on any atom is -0.345 e. The van der Waals surface area contributed by atoms with Gasteiger partial charge in [-0.05, 0) is 6.92 Å². The van der Waals surface area contributed by atoms with Gasteiger partial charge in [-0.2, -0.15) is 0 Å². The fourth-order valence-electron chi connectivity index (χ4n) is 0.943. The van der Waals surface area contributed by atoms with Gasteiger partial charge in [-0.15, -0.1) is 0 Å². The molecular weight excluding hydrogens is 114 g/mol. The summed E-state index contributed by atoms with van der Waals surface area (Å²) in [5.74, 6) is 0. The molecule has 46 valence electrons. The second kappa shape index (κ2) is 1.37. The number of nitrogens with one attached hydrogen (secondary N) is 1. The predicted octanol–water partition coefficient (Wildman–Crippen LogP) is 0.971. The summed E-state index contributed by atoms with van der Waals surface area (Å²) in [5.41, 5.74) is 2.12. The number of H-pyrrole nitrogens is 1. The van der Waals surface area contributed by atoms with Crippen molar-refractivity contribution in [1.29, 1.82) is 0 Å². The molecule has 0 aliphatic rings. The fraction of sp³-hybridized carbons (Fsp3) is 0.167. The molecule has 2 heterocycles. The average Bonchev–Trinajstić information content (AvgIpc) is 2.35. The van der Waals surface area contributed by atoms with E-state index in [4.69, 9.17) is 0 Å². The highest BCUT2D eigenvalue weighted by atomic mass is 15.1. The third-order valence-corrected chi connectivity index (χ3v) is 1.43. The van der Waals surface area contributed by atoms with Gasteiger partial charge in [-0.25, -0.2) is 4.98 Å². The van der Waals surface area contributed by atoms with Gasteiger partial charge in [-0.1, -0.05) is 0 Å². The number of aromatic amines is 1. The van der Waals surface area contributed by atoms with E-state index in [0.29, 0.717) is 0 Å². The van der Waals surface area contributed by atoms with Crippen molar-refractivity contribution in [2.75, 3.05) is 0 Å². The second-order valence-electron chi connectivity index (χ2n) is 2.05. The lowest BCUT2D eigenvalue weighted by molar-refractivity contribution is 1.17. The van der Waals surface area contributed by atoms with Crippen LogP contribution < -0.4 is 0 Å². The number of hydrogen-bond acceptors (Lipinski definition) is 1. The van der Waals surface area contributed by atoms with Crippen molar-refractivity contribution < 1.29 is 0 Å². The number of aryl methyl sites for hydroxylation is 1. The quantitative estimate of drug-likeness (QED) is 0.553. The lowest BCUT2D eigenvalue weighted by Gasteiger charge is -1.78. The van der Waals surface area contributed by atoms with E-state index in [0.717, 1.165) is 11.3 Å². The molecule has 0 bridgehead atoms. The zero-order valence-electron chi connectivity index (χ0n) is 5.13. The van der Waals surface area contributed by atoms with E-state index in [9.17, 15) is 0 Å². The molecule has 9 heavy (non-hydrogen) atoms. The first-order valence-electron chi connectivity index (χ1n) is 2.84. The van der Waals surface area contributed by atoms with E-state index in [1.807, 2.05) is 23.7 Å². The number of hydrogen-bond donors (Lipinski definition) is 1. The number of imidazole rings is 2. The van der Waals surface area contributed by atoms with Crippen molar-refractivity contribution >= 4 is 5.65 Å². The number of rotatable bonds is 0. The first kappa shape index (κ1) is 4.61. The molecule has 0 aromatic carbocycles. The highest BCUT2D eigenvalue weighted by Crippen LogP contribution is 2.02. The molecule has 0 saturated carbocycles. The lowest BCUT2D eigenvalue weighted by atomic mass is 10.5. The molecular formula is C6H7N3. The minimum atomic E-state index is 1.04. The lowest BCUT2D eigenvalue weighted by Crippen LogP contribution is -1.71. The van der Waals surface area contributed by atoms with Crippen LogP contribution in [0.5, 0.6) is 0 Å². The van der Waals surface area contributed by atoms with Crippen LogP contribution in [0.2, 0.25) is 0 Å². The van der Waals surface area contributed by atoms with Crippen molar-refractivity contribution in [2.24, 2.45) is 0 Å². The third-order valence-electron chi connectivity index (χ3n) is 1.43. The number of fused-ring (bicyclic) bond motifs is 1. The van der Waals surface area contributed by atoms with Crippen molar-refractivity contribution in [3.05, 3.63) is 24.4 Å². The summed E-state index contributed by atoms with van der Waals surface area (Å²) in [6.45, 7) is 1.98. The Morgan fingerprint density at radius 1 is 1.67 bits per heavy atom. The van der Waals surface area contributed by atoms with Gasteiger partial charge < -0.3 is 4.98 Å². The summed E-state index contributed by atoms with van der Waals surface area (Å²) in [6.07, 6.45) is 5.63. The molecule has 2 rings (SSSR count). The van der Waals surface area contributed by atoms with Gasteiger partial charge in [0, 0.05) is 12.4 Å². The molecule has 2 aromatic heterocycles. The van der Waals surface area contributed by atoms with E-state index >= 15 is 0 Å². The van der Waals surface area contributed by atoms with Crippen molar-refractivity contribution in [3.63, 3.8) is 0 Å². The summed E-state index contributed by atoms with van der Waals surface area (Å²) < 4.78 is 1.95. The molecule has 0 radical (unpaired) electrons. The average molecular weight is 121 g/mol. The van der Waals surface area contributed by atoms with Crippen LogP contribution in [0, 0.1) is 6.92 Å². The molecule has 3 heteroatoms. The van der Waals surface area contributed by atoms with Crippen molar-refractivity contribution in [3.8, 4) is 0 Å². The summed E-state index contributed by atoms with van der Waals surface area (Å²) in [7, 11) is 0. The highest BCUT2D eigenvalue weighted by molar-refractivity contribution is 5.42. The fourth-order valence-corrected chi connectivity index (χ4v) is 0.943. The Hall–Kier alpha value is -1.25. The van der Waals surface area contributed by atoms with Crippen LogP contribution in [-0.2, 0) is 0 Å². The third kappa shape index (κ3) is 0.483. The minimum absolute atomic E-state index is 1.04. The largest absolute Gasteiger partial charge is 0.345 e. The Bertz CT molecular complexity index is 317. The molecule has 0 saturated heterocycles. The van der Waals surface area contributed by atoms with Crippen LogP contribution in [0.15, 0.2) is 18.7 Å². The maximum absolute atomic E-state index is 4.09. The van der Waals surface area contributed by atoms with Crippen LogP contribution >= 0.6 is 0 Å². The van der Waals surface area contributed by atoms with Crippen LogP contribution in [0.3, 0.4) is 0 Å². The topological polar surface area (TPSA) is 33.1 Å². The van der Waals surface area contributed by atoms with Crippen molar-refractivity contribution in [1.82, 2.24) is 14.4 Å². The summed E-state index contributed by atoms with van der Waals surface area (Å²) in [5, 5.41) is 0. The molecule has 0 unspecified atom stereocenters. The van der Waals surface area contributed by atoms with Gasteiger partial charge in [0.1, 0.15) is 12.0 Å². The smallest absolute Gasteiger partial charge is 0.137 e. The zero-order chi connectivity index (χ0) is 6.27. The Balaban J connectivity index is 2.99. The first-order chi connectivity index (χ1) is 4.38. The second-order valence-corrected chi connectivity index (χ2v) is 2.05. The Labute approximate surface area is 52.3 Å². The van der Waals surface area contributed by atoms with Crippen molar-refractivity contribution in [2.45, 2.75) is 6.92 Å².